The third kappa shape index (κ3) is 1.74. The molecule has 2 rings (SSSR count). The first-order chi connectivity index (χ1) is 7.24. The summed E-state index contributed by atoms with van der Waals surface area (Å²) in [6.45, 7) is 5.39. The molecule has 5 heteroatoms. The van der Waals surface area contributed by atoms with Crippen molar-refractivity contribution in [2.45, 2.75) is 45.3 Å². The van der Waals surface area contributed by atoms with Crippen LogP contribution in [0, 0.1) is 11.3 Å². The van der Waals surface area contributed by atoms with Crippen LogP contribution in [0.25, 0.3) is 0 Å². The molecule has 0 aromatic carbocycles. The number of amides is 1. The van der Waals surface area contributed by atoms with E-state index in [0.29, 0.717) is 12.8 Å². The molecule has 0 aromatic rings. The van der Waals surface area contributed by atoms with Crippen LogP contribution in [0.3, 0.4) is 0 Å². The molecule has 16 heavy (non-hydrogen) atoms. The number of carboxylic acid groups (broad SMARTS) is 1. The van der Waals surface area contributed by atoms with E-state index in [2.05, 4.69) is 5.32 Å². The van der Waals surface area contributed by atoms with E-state index in [0.717, 1.165) is 0 Å². The molecule has 1 amide bonds. The molecule has 0 aliphatic heterocycles. The number of rotatable bonds is 2. The average molecular weight is 227 g/mol. The maximum absolute atomic E-state index is 11.4. The summed E-state index contributed by atoms with van der Waals surface area (Å²) in [5.41, 5.74) is -1.04. The Balaban J connectivity index is 1.79. The third-order valence-corrected chi connectivity index (χ3v) is 3.33. The number of hydrogen-bond donors (Lipinski definition) is 2. The van der Waals surface area contributed by atoms with Crippen LogP contribution in [-0.2, 0) is 9.53 Å². The minimum absolute atomic E-state index is 0.0223. The van der Waals surface area contributed by atoms with E-state index in [1.54, 1.807) is 20.8 Å². The van der Waals surface area contributed by atoms with Gasteiger partial charge in [-0.05, 0) is 39.5 Å². The number of carboxylic acids is 1. The molecule has 2 aliphatic rings. The minimum atomic E-state index is -0.736. The Morgan fingerprint density at radius 1 is 1.38 bits per heavy atom. The molecule has 0 heterocycles. The van der Waals surface area contributed by atoms with E-state index >= 15 is 0 Å². The fourth-order valence-corrected chi connectivity index (χ4v) is 2.41. The van der Waals surface area contributed by atoms with Gasteiger partial charge in [0.15, 0.2) is 0 Å². The number of aliphatic carboxylic acids is 1. The van der Waals surface area contributed by atoms with Gasteiger partial charge in [0, 0.05) is 6.04 Å². The fourth-order valence-electron chi connectivity index (χ4n) is 2.41. The molecule has 2 saturated carbocycles. The van der Waals surface area contributed by atoms with Gasteiger partial charge in [-0.2, -0.15) is 0 Å². The summed E-state index contributed by atoms with van der Waals surface area (Å²) >= 11 is 0. The molecular formula is C11H17NO4. The molecule has 3 atom stereocenters. The highest BCUT2D eigenvalue weighted by molar-refractivity contribution is 5.82. The third-order valence-electron chi connectivity index (χ3n) is 3.33. The van der Waals surface area contributed by atoms with Crippen LogP contribution in [-0.4, -0.2) is 28.8 Å². The predicted molar refractivity (Wildman–Crippen MR) is 56.0 cm³/mol. The molecule has 2 N–H and O–H groups in total. The van der Waals surface area contributed by atoms with Gasteiger partial charge in [-0.3, -0.25) is 4.79 Å². The quantitative estimate of drug-likeness (QED) is 0.747. The lowest BCUT2D eigenvalue weighted by molar-refractivity contribution is -0.147. The van der Waals surface area contributed by atoms with Crippen LogP contribution in [0.1, 0.15) is 33.6 Å². The second-order valence-corrected chi connectivity index (χ2v) is 5.73. The van der Waals surface area contributed by atoms with E-state index < -0.39 is 23.1 Å². The summed E-state index contributed by atoms with van der Waals surface area (Å²) < 4.78 is 5.11. The van der Waals surface area contributed by atoms with Gasteiger partial charge in [-0.15, -0.1) is 0 Å². The zero-order chi connectivity index (χ0) is 12.1. The number of nitrogens with one attached hydrogen (secondary N) is 1. The molecule has 90 valence electrons. The number of hydrogen-bond acceptors (Lipinski definition) is 3. The van der Waals surface area contributed by atoms with Crippen LogP contribution in [0.2, 0.25) is 0 Å². The Kier molecular flexibility index (Phi) is 2.19. The molecule has 2 aliphatic carbocycles. The summed E-state index contributed by atoms with van der Waals surface area (Å²) in [5, 5.41) is 11.6. The molecule has 0 saturated heterocycles. The number of carbonyl (C=O) groups excluding carboxylic acids is 1. The van der Waals surface area contributed by atoms with E-state index in [4.69, 9.17) is 9.84 Å². The van der Waals surface area contributed by atoms with Crippen molar-refractivity contribution in [3.63, 3.8) is 0 Å². The van der Waals surface area contributed by atoms with Gasteiger partial charge in [0.2, 0.25) is 0 Å². The van der Waals surface area contributed by atoms with Gasteiger partial charge in [-0.25, -0.2) is 4.79 Å². The Morgan fingerprint density at radius 2 is 2.00 bits per heavy atom. The Labute approximate surface area is 94.2 Å². The highest BCUT2D eigenvalue weighted by Gasteiger charge is 2.72. The van der Waals surface area contributed by atoms with Crippen molar-refractivity contribution in [2.75, 3.05) is 0 Å². The highest BCUT2D eigenvalue weighted by atomic mass is 16.6. The summed E-state index contributed by atoms with van der Waals surface area (Å²) in [6, 6.07) is -0.0223. The normalized spacial score (nSPS) is 35.7. The molecule has 0 aromatic heterocycles. The molecular weight excluding hydrogens is 210 g/mol. The zero-order valence-corrected chi connectivity index (χ0v) is 9.74. The van der Waals surface area contributed by atoms with Crippen molar-refractivity contribution in [1.29, 1.82) is 0 Å². The van der Waals surface area contributed by atoms with E-state index in [-0.39, 0.29) is 12.0 Å². The first kappa shape index (κ1) is 11.2. The van der Waals surface area contributed by atoms with E-state index in [1.165, 1.54) is 0 Å². The second-order valence-electron chi connectivity index (χ2n) is 5.73. The van der Waals surface area contributed by atoms with E-state index in [1.807, 2.05) is 0 Å². The SMILES string of the molecule is CC(C)(C)OC(=O)N[C@H]1C[C@@]2(C(=O)O)C[C@H]12. The van der Waals surface area contributed by atoms with Gasteiger partial charge >= 0.3 is 12.1 Å². The van der Waals surface area contributed by atoms with Crippen molar-refractivity contribution < 1.29 is 19.4 Å². The monoisotopic (exact) mass is 227 g/mol. The van der Waals surface area contributed by atoms with Crippen LogP contribution in [0.5, 0.6) is 0 Å². The fraction of sp³-hybridized carbons (Fsp3) is 0.818. The first-order valence-electron chi connectivity index (χ1n) is 5.47. The van der Waals surface area contributed by atoms with Crippen LogP contribution in [0.15, 0.2) is 0 Å². The Hall–Kier alpha value is -1.26. The minimum Gasteiger partial charge on any atom is -0.481 e. The molecule has 0 radical (unpaired) electrons. The number of carbonyl (C=O) groups is 2. The molecule has 5 nitrogen and oxygen atoms in total. The predicted octanol–water partition coefficient (Wildman–Crippen LogP) is 1.37. The Bertz CT molecular complexity index is 346. The smallest absolute Gasteiger partial charge is 0.407 e. The van der Waals surface area contributed by atoms with Gasteiger partial charge in [0.05, 0.1) is 5.41 Å². The Morgan fingerprint density at radius 3 is 2.38 bits per heavy atom. The van der Waals surface area contributed by atoms with Crippen LogP contribution < -0.4 is 5.32 Å². The van der Waals surface area contributed by atoms with Crippen molar-refractivity contribution in [3.05, 3.63) is 0 Å². The molecule has 0 unspecified atom stereocenters. The lowest BCUT2D eigenvalue weighted by Gasteiger charge is -2.32. The summed E-state index contributed by atoms with van der Waals surface area (Å²) in [5.74, 6) is -0.628. The van der Waals surface area contributed by atoms with Gasteiger partial charge in [0.25, 0.3) is 0 Å². The number of alkyl carbamates (subject to hydrolysis) is 1. The van der Waals surface area contributed by atoms with Gasteiger partial charge in [0.1, 0.15) is 5.60 Å². The number of fused-ring (bicyclic) bond motifs is 1. The summed E-state index contributed by atoms with van der Waals surface area (Å²) in [4.78, 5) is 22.3. The van der Waals surface area contributed by atoms with E-state index in [9.17, 15) is 9.59 Å². The van der Waals surface area contributed by atoms with Crippen LogP contribution in [0.4, 0.5) is 4.79 Å². The lowest BCUT2D eigenvalue weighted by atomic mass is 9.80. The maximum Gasteiger partial charge on any atom is 0.407 e. The van der Waals surface area contributed by atoms with Crippen molar-refractivity contribution in [2.24, 2.45) is 11.3 Å². The standard InChI is InChI=1S/C11H17NO4/c1-10(2,3)16-9(15)12-7-5-11(8(13)14)4-6(7)11/h6-7H,4-5H2,1-3H3,(H,12,15)(H,13,14)/t6-,7+,11+/m1/s1. The van der Waals surface area contributed by atoms with Crippen molar-refractivity contribution in [3.8, 4) is 0 Å². The average Bonchev–Trinajstić information content (AvgIpc) is 2.65. The number of ether oxygens (including phenoxy) is 1. The van der Waals surface area contributed by atoms with Crippen molar-refractivity contribution in [1.82, 2.24) is 5.32 Å². The zero-order valence-electron chi connectivity index (χ0n) is 9.74. The highest BCUT2D eigenvalue weighted by Crippen LogP contribution is 2.67. The van der Waals surface area contributed by atoms with Crippen molar-refractivity contribution >= 4 is 12.1 Å². The largest absolute Gasteiger partial charge is 0.481 e. The molecule has 2 fully saturated rings. The lowest BCUT2D eigenvalue weighted by Crippen LogP contribution is -2.49. The van der Waals surface area contributed by atoms with Crippen LogP contribution >= 0.6 is 0 Å². The topological polar surface area (TPSA) is 75.6 Å². The summed E-state index contributed by atoms with van der Waals surface area (Å²) in [6.07, 6.45) is 0.762. The summed E-state index contributed by atoms with van der Waals surface area (Å²) in [7, 11) is 0. The van der Waals surface area contributed by atoms with Gasteiger partial charge in [-0.1, -0.05) is 0 Å². The second kappa shape index (κ2) is 3.12. The maximum atomic E-state index is 11.4. The molecule has 0 bridgehead atoms. The first-order valence-corrected chi connectivity index (χ1v) is 5.47. The molecule has 0 spiro atoms. The van der Waals surface area contributed by atoms with Gasteiger partial charge < -0.3 is 15.2 Å².